The van der Waals surface area contributed by atoms with Crippen molar-refractivity contribution < 1.29 is 0 Å². The molecule has 104 valence electrons. The Balaban J connectivity index is 2.03. The van der Waals surface area contributed by atoms with Gasteiger partial charge in [-0.25, -0.2) is 0 Å². The largest absolute Gasteiger partial charge is 0.141 e. The molecule has 0 radical (unpaired) electrons. The lowest BCUT2D eigenvalue weighted by Crippen LogP contribution is -2.13. The van der Waals surface area contributed by atoms with Crippen LogP contribution in [0.25, 0.3) is 11.6 Å². The summed E-state index contributed by atoms with van der Waals surface area (Å²) in [5, 5.41) is 0. The number of aryl methyl sites for hydroxylation is 1. The van der Waals surface area contributed by atoms with Gasteiger partial charge in [0.1, 0.15) is 0 Å². The molecular formula is C19H22S. The van der Waals surface area contributed by atoms with Crippen LogP contribution in [0.2, 0.25) is 0 Å². The Labute approximate surface area is 126 Å². The van der Waals surface area contributed by atoms with Gasteiger partial charge in [0.2, 0.25) is 0 Å². The first kappa shape index (κ1) is 13.6. The van der Waals surface area contributed by atoms with Gasteiger partial charge in [-0.1, -0.05) is 45.9 Å². The number of hydrogen-bond acceptors (Lipinski definition) is 1. The number of thiophene rings is 1. The fourth-order valence-electron chi connectivity index (χ4n) is 2.92. The number of fused-ring (bicyclic) bond motifs is 1. The zero-order valence-electron chi connectivity index (χ0n) is 12.8. The van der Waals surface area contributed by atoms with Crippen LogP contribution in [0.4, 0.5) is 0 Å². The summed E-state index contributed by atoms with van der Waals surface area (Å²) in [5.74, 6) is 0. The minimum atomic E-state index is 0.210. The summed E-state index contributed by atoms with van der Waals surface area (Å²) < 4.78 is 0. The Morgan fingerprint density at radius 1 is 1.10 bits per heavy atom. The normalized spacial score (nSPS) is 14.3. The smallest absolute Gasteiger partial charge is 0.0308 e. The standard InChI is InChI=1S/C19H22S/c1-5-15-9-10-18(20-15)14-11-13-7-6-8-17(16(13)12-14)19(2,3)4/h6-10,12H,5,11H2,1-4H3. The lowest BCUT2D eigenvalue weighted by Gasteiger charge is -2.22. The third-order valence-corrected chi connectivity index (χ3v) is 5.34. The zero-order valence-corrected chi connectivity index (χ0v) is 13.6. The van der Waals surface area contributed by atoms with Crippen LogP contribution in [0.15, 0.2) is 30.3 Å². The maximum absolute atomic E-state index is 2.42. The van der Waals surface area contributed by atoms with Gasteiger partial charge in [0.15, 0.2) is 0 Å². The summed E-state index contributed by atoms with van der Waals surface area (Å²) >= 11 is 1.95. The fraction of sp³-hybridized carbons (Fsp3) is 0.368. The second kappa shape index (κ2) is 4.89. The molecule has 1 aliphatic rings. The van der Waals surface area contributed by atoms with Gasteiger partial charge >= 0.3 is 0 Å². The Kier molecular flexibility index (Phi) is 3.33. The van der Waals surface area contributed by atoms with Crippen LogP contribution in [0, 0.1) is 0 Å². The van der Waals surface area contributed by atoms with Crippen molar-refractivity contribution in [2.45, 2.75) is 46.0 Å². The van der Waals surface area contributed by atoms with E-state index in [0.29, 0.717) is 0 Å². The summed E-state index contributed by atoms with van der Waals surface area (Å²) in [6, 6.07) is 11.3. The number of benzene rings is 1. The fourth-order valence-corrected chi connectivity index (χ4v) is 3.88. The summed E-state index contributed by atoms with van der Waals surface area (Å²) in [5.41, 5.74) is 6.11. The molecule has 3 rings (SSSR count). The van der Waals surface area contributed by atoms with Gasteiger partial charge in [0.25, 0.3) is 0 Å². The summed E-state index contributed by atoms with van der Waals surface area (Å²) in [6.07, 6.45) is 4.64. The van der Waals surface area contributed by atoms with Crippen molar-refractivity contribution in [3.8, 4) is 0 Å². The molecule has 0 unspecified atom stereocenters. The summed E-state index contributed by atoms with van der Waals surface area (Å²) in [6.45, 7) is 9.13. The van der Waals surface area contributed by atoms with Crippen LogP contribution in [0.3, 0.4) is 0 Å². The first-order chi connectivity index (χ1) is 9.49. The van der Waals surface area contributed by atoms with E-state index in [2.05, 4.69) is 64.1 Å². The molecule has 1 heterocycles. The van der Waals surface area contributed by atoms with Crippen molar-refractivity contribution in [2.75, 3.05) is 0 Å². The average Bonchev–Trinajstić information content (AvgIpc) is 3.02. The summed E-state index contributed by atoms with van der Waals surface area (Å²) in [4.78, 5) is 2.92. The quantitative estimate of drug-likeness (QED) is 0.662. The van der Waals surface area contributed by atoms with Crippen molar-refractivity contribution in [2.24, 2.45) is 0 Å². The molecule has 1 heteroatoms. The minimum Gasteiger partial charge on any atom is -0.141 e. The second-order valence-electron chi connectivity index (χ2n) is 6.59. The van der Waals surface area contributed by atoms with Crippen LogP contribution < -0.4 is 0 Å². The van der Waals surface area contributed by atoms with E-state index in [1.807, 2.05) is 11.3 Å². The molecular weight excluding hydrogens is 260 g/mol. The maximum Gasteiger partial charge on any atom is 0.0308 e. The van der Waals surface area contributed by atoms with E-state index in [1.165, 1.54) is 32.0 Å². The third-order valence-electron chi connectivity index (χ3n) is 4.03. The molecule has 0 amide bonds. The topological polar surface area (TPSA) is 0 Å². The van der Waals surface area contributed by atoms with E-state index >= 15 is 0 Å². The van der Waals surface area contributed by atoms with Gasteiger partial charge in [0.05, 0.1) is 0 Å². The Morgan fingerprint density at radius 3 is 2.55 bits per heavy atom. The monoisotopic (exact) mass is 282 g/mol. The highest BCUT2D eigenvalue weighted by Gasteiger charge is 2.23. The Morgan fingerprint density at radius 2 is 1.90 bits per heavy atom. The molecule has 0 spiro atoms. The van der Waals surface area contributed by atoms with Crippen molar-refractivity contribution >= 4 is 23.0 Å². The van der Waals surface area contributed by atoms with Crippen LogP contribution in [-0.4, -0.2) is 0 Å². The Bertz CT molecular complexity index is 665. The van der Waals surface area contributed by atoms with E-state index in [9.17, 15) is 0 Å². The SMILES string of the molecule is CCc1ccc(C2=Cc3c(cccc3C(C)(C)C)C2)s1. The van der Waals surface area contributed by atoms with Gasteiger partial charge in [0, 0.05) is 9.75 Å². The highest BCUT2D eigenvalue weighted by atomic mass is 32.1. The molecule has 20 heavy (non-hydrogen) atoms. The highest BCUT2D eigenvalue weighted by molar-refractivity contribution is 7.13. The van der Waals surface area contributed by atoms with Crippen LogP contribution in [0.1, 0.15) is 54.1 Å². The molecule has 1 aliphatic carbocycles. The Hall–Kier alpha value is -1.34. The van der Waals surface area contributed by atoms with Gasteiger partial charge in [-0.2, -0.15) is 0 Å². The molecule has 0 bridgehead atoms. The van der Waals surface area contributed by atoms with Crippen LogP contribution >= 0.6 is 11.3 Å². The lowest BCUT2D eigenvalue weighted by atomic mass is 9.83. The molecule has 0 fully saturated rings. The third kappa shape index (κ3) is 2.35. The van der Waals surface area contributed by atoms with E-state index in [-0.39, 0.29) is 5.41 Å². The van der Waals surface area contributed by atoms with E-state index in [1.54, 1.807) is 0 Å². The summed E-state index contributed by atoms with van der Waals surface area (Å²) in [7, 11) is 0. The second-order valence-corrected chi connectivity index (χ2v) is 7.76. The number of rotatable bonds is 2. The molecule has 0 nitrogen and oxygen atoms in total. The lowest BCUT2D eigenvalue weighted by molar-refractivity contribution is 0.588. The van der Waals surface area contributed by atoms with Gasteiger partial charge in [-0.05, 0) is 58.7 Å². The predicted molar refractivity (Wildman–Crippen MR) is 90.4 cm³/mol. The average molecular weight is 282 g/mol. The van der Waals surface area contributed by atoms with E-state index < -0.39 is 0 Å². The van der Waals surface area contributed by atoms with Crippen LogP contribution in [-0.2, 0) is 18.3 Å². The maximum atomic E-state index is 2.42. The molecule has 0 aliphatic heterocycles. The van der Waals surface area contributed by atoms with Crippen molar-refractivity contribution in [1.82, 2.24) is 0 Å². The molecule has 1 aromatic carbocycles. The molecule has 1 aromatic heterocycles. The van der Waals surface area contributed by atoms with Crippen molar-refractivity contribution in [1.29, 1.82) is 0 Å². The molecule has 0 saturated carbocycles. The molecule has 0 atom stereocenters. The van der Waals surface area contributed by atoms with Gasteiger partial charge < -0.3 is 0 Å². The van der Waals surface area contributed by atoms with Crippen LogP contribution in [0.5, 0.6) is 0 Å². The van der Waals surface area contributed by atoms with Crippen molar-refractivity contribution in [3.63, 3.8) is 0 Å². The van der Waals surface area contributed by atoms with E-state index in [0.717, 1.165) is 12.8 Å². The molecule has 2 aromatic rings. The van der Waals surface area contributed by atoms with Gasteiger partial charge in [-0.15, -0.1) is 11.3 Å². The number of allylic oxidation sites excluding steroid dienone is 1. The number of hydrogen-bond donors (Lipinski definition) is 0. The first-order valence-electron chi connectivity index (χ1n) is 7.41. The zero-order chi connectivity index (χ0) is 14.3. The van der Waals surface area contributed by atoms with Gasteiger partial charge in [-0.3, -0.25) is 0 Å². The highest BCUT2D eigenvalue weighted by Crippen LogP contribution is 2.39. The first-order valence-corrected chi connectivity index (χ1v) is 8.22. The van der Waals surface area contributed by atoms with Crippen molar-refractivity contribution in [3.05, 3.63) is 56.8 Å². The predicted octanol–water partition coefficient (Wildman–Crippen LogP) is 5.70. The minimum absolute atomic E-state index is 0.210. The molecule has 0 saturated heterocycles. The van der Waals surface area contributed by atoms with E-state index in [4.69, 9.17) is 0 Å². The molecule has 0 N–H and O–H groups in total.